The molecule has 0 radical (unpaired) electrons. The number of fused-ring (bicyclic) bond motifs is 1. The van der Waals surface area contributed by atoms with E-state index in [9.17, 15) is 13.2 Å². The summed E-state index contributed by atoms with van der Waals surface area (Å²) < 4.78 is 24.2. The van der Waals surface area contributed by atoms with Crippen LogP contribution in [0, 0.1) is 0 Å². The fourth-order valence-corrected chi connectivity index (χ4v) is 2.99. The Morgan fingerprint density at radius 2 is 1.61 bits per heavy atom. The maximum Gasteiger partial charge on any atom is 0.266 e. The summed E-state index contributed by atoms with van der Waals surface area (Å²) >= 11 is 0. The molecule has 0 atom stereocenters. The highest BCUT2D eigenvalue weighted by Gasteiger charge is 2.16. The Kier molecular flexibility index (Phi) is 4.05. The van der Waals surface area contributed by atoms with Crippen molar-refractivity contribution in [1.82, 2.24) is 15.2 Å². The molecule has 2 N–H and O–H groups in total. The minimum atomic E-state index is -3.81. The Hall–Kier alpha value is -2.77. The number of pyridine rings is 1. The summed E-state index contributed by atoms with van der Waals surface area (Å²) in [6.07, 6.45) is 1.50. The van der Waals surface area contributed by atoms with Crippen LogP contribution in [0.2, 0.25) is 0 Å². The van der Waals surface area contributed by atoms with Gasteiger partial charge in [0.1, 0.15) is 0 Å². The van der Waals surface area contributed by atoms with Crippen molar-refractivity contribution in [3.8, 4) is 0 Å². The third-order valence-corrected chi connectivity index (χ3v) is 4.51. The highest BCUT2D eigenvalue weighted by Crippen LogP contribution is 2.15. The molecule has 0 aliphatic heterocycles. The zero-order chi connectivity index (χ0) is 16.3. The van der Waals surface area contributed by atoms with Crippen LogP contribution in [0.25, 0.3) is 10.9 Å². The molecule has 0 spiro atoms. The molecule has 23 heavy (non-hydrogen) atoms. The molecule has 1 aromatic heterocycles. The zero-order valence-corrected chi connectivity index (χ0v) is 12.7. The largest absolute Gasteiger partial charge is 0.273 e. The molecular formula is C16H13N3O3S. The predicted octanol–water partition coefficient (Wildman–Crippen LogP) is 1.86. The first-order valence-electron chi connectivity index (χ1n) is 6.79. The summed E-state index contributed by atoms with van der Waals surface area (Å²) in [6, 6.07) is 16.5. The molecule has 3 rings (SSSR count). The highest BCUT2D eigenvalue weighted by molar-refractivity contribution is 7.89. The quantitative estimate of drug-likeness (QED) is 0.716. The SMILES string of the molecule is O=C(NNS(=O)(=O)c1ccccc1)c1ccnc2ccccc12. The van der Waals surface area contributed by atoms with Gasteiger partial charge < -0.3 is 0 Å². The molecule has 0 bridgehead atoms. The molecule has 6 nitrogen and oxygen atoms in total. The van der Waals surface area contributed by atoms with Gasteiger partial charge >= 0.3 is 0 Å². The average molecular weight is 327 g/mol. The number of nitrogens with one attached hydrogen (secondary N) is 2. The van der Waals surface area contributed by atoms with Crippen LogP contribution >= 0.6 is 0 Å². The second-order valence-electron chi connectivity index (χ2n) is 4.75. The topological polar surface area (TPSA) is 88.2 Å². The molecule has 0 fully saturated rings. The number of hydrogen-bond donors (Lipinski definition) is 2. The second-order valence-corrected chi connectivity index (χ2v) is 6.43. The Morgan fingerprint density at radius 1 is 0.913 bits per heavy atom. The van der Waals surface area contributed by atoms with Gasteiger partial charge in [-0.05, 0) is 24.3 Å². The monoisotopic (exact) mass is 327 g/mol. The lowest BCUT2D eigenvalue weighted by Gasteiger charge is -2.09. The van der Waals surface area contributed by atoms with Crippen LogP contribution in [0.4, 0.5) is 0 Å². The molecule has 0 saturated carbocycles. The first kappa shape index (κ1) is 15.1. The number of amides is 1. The van der Waals surface area contributed by atoms with Crippen molar-refractivity contribution >= 4 is 26.8 Å². The summed E-state index contributed by atoms with van der Waals surface area (Å²) in [6.45, 7) is 0. The van der Waals surface area contributed by atoms with Crippen LogP contribution in [0.5, 0.6) is 0 Å². The third kappa shape index (κ3) is 3.20. The number of hydrogen-bond acceptors (Lipinski definition) is 4. The summed E-state index contributed by atoms with van der Waals surface area (Å²) in [5.41, 5.74) is 3.22. The Morgan fingerprint density at radius 3 is 2.39 bits per heavy atom. The van der Waals surface area contributed by atoms with Gasteiger partial charge in [0.15, 0.2) is 0 Å². The number of aromatic nitrogens is 1. The van der Waals surface area contributed by atoms with Crippen LogP contribution in [-0.2, 0) is 10.0 Å². The van der Waals surface area contributed by atoms with Gasteiger partial charge in [0.05, 0.1) is 16.0 Å². The van der Waals surface area contributed by atoms with Gasteiger partial charge in [-0.2, -0.15) is 0 Å². The van der Waals surface area contributed by atoms with Gasteiger partial charge in [0.2, 0.25) is 0 Å². The minimum Gasteiger partial charge on any atom is -0.273 e. The van der Waals surface area contributed by atoms with E-state index < -0.39 is 15.9 Å². The predicted molar refractivity (Wildman–Crippen MR) is 86.0 cm³/mol. The van der Waals surface area contributed by atoms with Crippen molar-refractivity contribution in [3.05, 3.63) is 72.4 Å². The lowest BCUT2D eigenvalue weighted by atomic mass is 10.1. The lowest BCUT2D eigenvalue weighted by molar-refractivity contribution is 0.0946. The van der Waals surface area contributed by atoms with Crippen molar-refractivity contribution in [2.45, 2.75) is 4.90 Å². The van der Waals surface area contributed by atoms with Gasteiger partial charge in [0.25, 0.3) is 15.9 Å². The lowest BCUT2D eigenvalue weighted by Crippen LogP contribution is -2.41. The first-order valence-corrected chi connectivity index (χ1v) is 8.27. The van der Waals surface area contributed by atoms with Crippen LogP contribution in [0.1, 0.15) is 10.4 Å². The number of para-hydroxylation sites is 1. The van der Waals surface area contributed by atoms with Crippen molar-refractivity contribution in [3.63, 3.8) is 0 Å². The molecule has 0 saturated heterocycles. The number of rotatable bonds is 4. The Balaban J connectivity index is 1.82. The zero-order valence-electron chi connectivity index (χ0n) is 11.9. The standard InChI is InChI=1S/C16H13N3O3S/c20-16(14-10-11-17-15-9-5-4-8-13(14)15)18-19-23(21,22)12-6-2-1-3-7-12/h1-11,19H,(H,18,20). The van der Waals surface area contributed by atoms with Crippen LogP contribution in [0.15, 0.2) is 71.8 Å². The summed E-state index contributed by atoms with van der Waals surface area (Å²) in [5.74, 6) is -0.553. The normalized spacial score (nSPS) is 11.3. The van der Waals surface area contributed by atoms with E-state index in [1.165, 1.54) is 24.4 Å². The molecule has 3 aromatic rings. The maximum absolute atomic E-state index is 12.3. The minimum absolute atomic E-state index is 0.0693. The van der Waals surface area contributed by atoms with E-state index in [2.05, 4.69) is 15.2 Å². The van der Waals surface area contributed by atoms with E-state index in [4.69, 9.17) is 0 Å². The Bertz CT molecular complexity index is 951. The molecule has 1 amide bonds. The van der Waals surface area contributed by atoms with E-state index in [-0.39, 0.29) is 4.90 Å². The molecule has 7 heteroatoms. The molecule has 2 aromatic carbocycles. The summed E-state index contributed by atoms with van der Waals surface area (Å²) in [4.78, 5) is 18.6. The fraction of sp³-hybridized carbons (Fsp3) is 0. The van der Waals surface area contributed by atoms with Crippen molar-refractivity contribution in [2.24, 2.45) is 0 Å². The number of benzene rings is 2. The number of carbonyl (C=O) groups excluding carboxylic acids is 1. The van der Waals surface area contributed by atoms with E-state index in [1.54, 1.807) is 36.4 Å². The molecule has 0 aliphatic rings. The molecule has 116 valence electrons. The van der Waals surface area contributed by atoms with E-state index in [0.717, 1.165) is 0 Å². The van der Waals surface area contributed by atoms with Crippen molar-refractivity contribution < 1.29 is 13.2 Å². The average Bonchev–Trinajstić information content (AvgIpc) is 2.60. The second kappa shape index (κ2) is 6.15. The van der Waals surface area contributed by atoms with E-state index >= 15 is 0 Å². The van der Waals surface area contributed by atoms with Gasteiger partial charge in [-0.25, -0.2) is 8.42 Å². The fourth-order valence-electron chi connectivity index (χ4n) is 2.13. The third-order valence-electron chi connectivity index (χ3n) is 3.25. The molecule has 0 aliphatic carbocycles. The maximum atomic E-state index is 12.3. The summed E-state index contributed by atoms with van der Waals surface area (Å²) in [7, 11) is -3.81. The number of sulfonamides is 1. The van der Waals surface area contributed by atoms with Gasteiger partial charge in [-0.1, -0.05) is 36.4 Å². The summed E-state index contributed by atoms with van der Waals surface area (Å²) in [5, 5.41) is 0.645. The van der Waals surface area contributed by atoms with Crippen molar-refractivity contribution in [2.75, 3.05) is 0 Å². The molecular weight excluding hydrogens is 314 g/mol. The van der Waals surface area contributed by atoms with Gasteiger partial charge in [0, 0.05) is 11.6 Å². The molecule has 0 unspecified atom stereocenters. The van der Waals surface area contributed by atoms with E-state index in [1.807, 2.05) is 6.07 Å². The van der Waals surface area contributed by atoms with Gasteiger partial charge in [-0.15, -0.1) is 4.83 Å². The van der Waals surface area contributed by atoms with Crippen LogP contribution in [-0.4, -0.2) is 19.3 Å². The Labute approximate surface area is 133 Å². The highest BCUT2D eigenvalue weighted by atomic mass is 32.2. The van der Waals surface area contributed by atoms with Crippen LogP contribution < -0.4 is 10.3 Å². The number of nitrogens with zero attached hydrogens (tertiary/aromatic N) is 1. The number of carbonyl (C=O) groups is 1. The van der Waals surface area contributed by atoms with E-state index in [0.29, 0.717) is 16.5 Å². The number of hydrazine groups is 1. The first-order chi connectivity index (χ1) is 11.1. The molecule has 1 heterocycles. The smallest absolute Gasteiger partial charge is 0.266 e. The van der Waals surface area contributed by atoms with Crippen LogP contribution in [0.3, 0.4) is 0 Å². The van der Waals surface area contributed by atoms with Gasteiger partial charge in [-0.3, -0.25) is 15.2 Å². The van der Waals surface area contributed by atoms with Crippen molar-refractivity contribution in [1.29, 1.82) is 0 Å².